The fraction of sp³-hybridized carbons (Fsp3) is 0.0690. The normalized spacial score (nSPS) is 15.9. The van der Waals surface area contributed by atoms with E-state index in [9.17, 15) is 4.79 Å². The number of amidine groups is 1. The first-order chi connectivity index (χ1) is 17.7. The van der Waals surface area contributed by atoms with E-state index in [-0.39, 0.29) is 12.5 Å². The number of benzene rings is 3. The molecule has 4 aromatic rings. The van der Waals surface area contributed by atoms with E-state index in [4.69, 9.17) is 9.15 Å². The Morgan fingerprint density at radius 1 is 0.917 bits per heavy atom. The number of nitrogens with zero attached hydrogens (tertiary/aromatic N) is 3. The Morgan fingerprint density at radius 2 is 1.67 bits per heavy atom. The van der Waals surface area contributed by atoms with Crippen molar-refractivity contribution < 1.29 is 13.9 Å². The molecule has 0 atom stereocenters. The van der Waals surface area contributed by atoms with Crippen LogP contribution < -0.4 is 4.74 Å². The summed E-state index contributed by atoms with van der Waals surface area (Å²) in [4.78, 5) is 15.4. The lowest BCUT2D eigenvalue weighted by Gasteiger charge is -2.12. The van der Waals surface area contributed by atoms with Gasteiger partial charge in [0, 0.05) is 5.56 Å². The molecule has 0 aliphatic carbocycles. The molecule has 0 radical (unpaired) electrons. The van der Waals surface area contributed by atoms with E-state index in [1.807, 2.05) is 66.7 Å². The smallest absolute Gasteiger partial charge is 0.267 e. The molecular weight excluding hydrogens is 470 g/mol. The van der Waals surface area contributed by atoms with Crippen LogP contribution in [-0.4, -0.2) is 29.3 Å². The molecule has 7 heteroatoms. The number of para-hydroxylation sites is 1. The van der Waals surface area contributed by atoms with Gasteiger partial charge in [0.05, 0.1) is 31.0 Å². The topological polar surface area (TPSA) is 67.4 Å². The van der Waals surface area contributed by atoms with E-state index in [2.05, 4.69) is 34.5 Å². The molecule has 1 aliphatic rings. The number of amides is 1. The highest BCUT2D eigenvalue weighted by Crippen LogP contribution is 2.35. The van der Waals surface area contributed by atoms with Crippen LogP contribution in [0.2, 0.25) is 0 Å². The van der Waals surface area contributed by atoms with Crippen molar-refractivity contribution in [3.63, 3.8) is 0 Å². The van der Waals surface area contributed by atoms with Gasteiger partial charge in [0.2, 0.25) is 0 Å². The number of thioether (sulfide) groups is 1. The molecule has 0 N–H and O–H groups in total. The Morgan fingerprint density at radius 3 is 2.42 bits per heavy atom. The molecular formula is C29H23N3O3S. The van der Waals surface area contributed by atoms with E-state index in [0.717, 1.165) is 22.3 Å². The van der Waals surface area contributed by atoms with Crippen molar-refractivity contribution in [3.8, 4) is 16.9 Å². The van der Waals surface area contributed by atoms with Crippen molar-refractivity contribution in [3.05, 3.63) is 119 Å². The molecule has 0 saturated carbocycles. The summed E-state index contributed by atoms with van der Waals surface area (Å²) in [5, 5.41) is 9.15. The second-order valence-electron chi connectivity index (χ2n) is 7.94. The average Bonchev–Trinajstić information content (AvgIpc) is 3.54. The van der Waals surface area contributed by atoms with Crippen molar-refractivity contribution in [1.29, 1.82) is 0 Å². The summed E-state index contributed by atoms with van der Waals surface area (Å²) in [6.07, 6.45) is 5.08. The van der Waals surface area contributed by atoms with E-state index < -0.39 is 0 Å². The zero-order chi connectivity index (χ0) is 24.7. The highest BCUT2D eigenvalue weighted by molar-refractivity contribution is 8.18. The summed E-state index contributed by atoms with van der Waals surface area (Å²) < 4.78 is 10.9. The van der Waals surface area contributed by atoms with Crippen molar-refractivity contribution in [1.82, 2.24) is 4.90 Å². The summed E-state index contributed by atoms with van der Waals surface area (Å²) in [7, 11) is 1.61. The minimum atomic E-state index is -0.163. The Balaban J connectivity index is 1.39. The third-order valence-electron chi connectivity index (χ3n) is 5.58. The van der Waals surface area contributed by atoms with Crippen LogP contribution in [0.5, 0.6) is 5.75 Å². The average molecular weight is 494 g/mol. The number of furan rings is 1. The van der Waals surface area contributed by atoms with Gasteiger partial charge in [-0.15, -0.1) is 5.10 Å². The number of carbonyl (C=O) groups excluding carboxylic acids is 1. The lowest BCUT2D eigenvalue weighted by atomic mass is 10.0. The minimum Gasteiger partial charge on any atom is -0.496 e. The third-order valence-corrected chi connectivity index (χ3v) is 6.57. The fourth-order valence-corrected chi connectivity index (χ4v) is 4.67. The van der Waals surface area contributed by atoms with Crippen LogP contribution in [0.1, 0.15) is 16.9 Å². The third kappa shape index (κ3) is 5.31. The number of rotatable bonds is 7. The Kier molecular flexibility index (Phi) is 7.10. The lowest BCUT2D eigenvalue weighted by molar-refractivity contribution is -0.122. The van der Waals surface area contributed by atoms with Crippen LogP contribution in [0.25, 0.3) is 17.2 Å². The van der Waals surface area contributed by atoms with Gasteiger partial charge >= 0.3 is 0 Å². The van der Waals surface area contributed by atoms with Gasteiger partial charge < -0.3 is 9.15 Å². The molecule has 0 unspecified atom stereocenters. The molecule has 1 saturated heterocycles. The molecule has 1 aliphatic heterocycles. The first kappa shape index (κ1) is 23.4. The SMILES string of the molecule is COc1ccccc1/C=C1\S/C(=N/N=C\c2ccc(-c3ccccc3)cc2)N(Cc2ccco2)C1=O. The van der Waals surface area contributed by atoms with Crippen LogP contribution in [0.15, 0.2) is 117 Å². The Bertz CT molecular complexity index is 1430. The minimum absolute atomic E-state index is 0.163. The van der Waals surface area contributed by atoms with Gasteiger partial charge in [0.15, 0.2) is 5.17 Å². The van der Waals surface area contributed by atoms with Crippen LogP contribution >= 0.6 is 11.8 Å². The molecule has 1 amide bonds. The van der Waals surface area contributed by atoms with Gasteiger partial charge in [-0.25, -0.2) is 0 Å². The first-order valence-corrected chi connectivity index (χ1v) is 12.2. The van der Waals surface area contributed by atoms with E-state index in [0.29, 0.717) is 21.6 Å². The van der Waals surface area contributed by atoms with Gasteiger partial charge in [-0.2, -0.15) is 5.10 Å². The molecule has 1 aromatic heterocycles. The standard InChI is InChI=1S/C29H23N3O3S/c1-34-26-12-6-5-10-24(26)18-27-28(33)32(20-25-11-7-17-35-25)29(36-27)31-30-19-21-13-15-23(16-14-21)22-8-3-2-4-9-22/h2-19H,20H2,1H3/b27-18-,30-19-,31-29+. The number of hydrogen-bond donors (Lipinski definition) is 0. The maximum atomic E-state index is 13.3. The van der Waals surface area contributed by atoms with Gasteiger partial charge in [-0.3, -0.25) is 9.69 Å². The number of hydrogen-bond acceptors (Lipinski definition) is 6. The predicted molar refractivity (Wildman–Crippen MR) is 145 cm³/mol. The van der Waals surface area contributed by atoms with Gasteiger partial charge in [-0.05, 0) is 52.7 Å². The predicted octanol–water partition coefficient (Wildman–Crippen LogP) is 6.46. The fourth-order valence-electron chi connectivity index (χ4n) is 3.74. The maximum absolute atomic E-state index is 13.3. The van der Waals surface area contributed by atoms with Gasteiger partial charge in [-0.1, -0.05) is 72.8 Å². The van der Waals surface area contributed by atoms with Gasteiger partial charge in [0.1, 0.15) is 11.5 Å². The molecule has 6 nitrogen and oxygen atoms in total. The van der Waals surface area contributed by atoms with E-state index in [1.165, 1.54) is 11.8 Å². The summed E-state index contributed by atoms with van der Waals surface area (Å²) >= 11 is 1.27. The van der Waals surface area contributed by atoms with E-state index >= 15 is 0 Å². The molecule has 2 heterocycles. The molecule has 0 spiro atoms. The molecule has 5 rings (SSSR count). The second-order valence-corrected chi connectivity index (χ2v) is 8.95. The molecule has 1 fully saturated rings. The zero-order valence-electron chi connectivity index (χ0n) is 19.6. The highest BCUT2D eigenvalue weighted by atomic mass is 32.2. The second kappa shape index (κ2) is 10.9. The quantitative estimate of drug-likeness (QED) is 0.168. The van der Waals surface area contributed by atoms with Crippen LogP contribution in [-0.2, 0) is 11.3 Å². The summed E-state index contributed by atoms with van der Waals surface area (Å²) in [6, 6.07) is 29.5. The molecule has 0 bridgehead atoms. The van der Waals surface area contributed by atoms with Crippen molar-refractivity contribution >= 4 is 35.1 Å². The monoisotopic (exact) mass is 493 g/mol. The summed E-state index contributed by atoms with van der Waals surface area (Å²) in [6.45, 7) is 0.266. The zero-order valence-corrected chi connectivity index (χ0v) is 20.4. The molecule has 178 valence electrons. The number of methoxy groups -OCH3 is 1. The first-order valence-electron chi connectivity index (χ1n) is 11.3. The molecule has 3 aromatic carbocycles. The highest BCUT2D eigenvalue weighted by Gasteiger charge is 2.34. The Labute approximate surface area is 213 Å². The van der Waals surface area contributed by atoms with E-state index in [1.54, 1.807) is 30.6 Å². The summed E-state index contributed by atoms with van der Waals surface area (Å²) in [5.41, 5.74) is 4.02. The summed E-state index contributed by atoms with van der Waals surface area (Å²) in [5.74, 6) is 1.19. The maximum Gasteiger partial charge on any atom is 0.267 e. The number of carbonyl (C=O) groups is 1. The largest absolute Gasteiger partial charge is 0.496 e. The van der Waals surface area contributed by atoms with Crippen molar-refractivity contribution in [2.24, 2.45) is 10.2 Å². The number of ether oxygens (including phenoxy) is 1. The van der Waals surface area contributed by atoms with Crippen LogP contribution in [0.3, 0.4) is 0 Å². The van der Waals surface area contributed by atoms with Crippen LogP contribution in [0, 0.1) is 0 Å². The lowest BCUT2D eigenvalue weighted by Crippen LogP contribution is -2.28. The van der Waals surface area contributed by atoms with Crippen molar-refractivity contribution in [2.45, 2.75) is 6.54 Å². The van der Waals surface area contributed by atoms with Gasteiger partial charge in [0.25, 0.3) is 5.91 Å². The Hall–Kier alpha value is -4.36. The van der Waals surface area contributed by atoms with Crippen molar-refractivity contribution in [2.75, 3.05) is 7.11 Å². The van der Waals surface area contributed by atoms with Crippen LogP contribution in [0.4, 0.5) is 0 Å². The molecule has 36 heavy (non-hydrogen) atoms.